The lowest BCUT2D eigenvalue weighted by molar-refractivity contribution is -0.144. The fourth-order valence-electron chi connectivity index (χ4n) is 4.48. The van der Waals surface area contributed by atoms with E-state index < -0.39 is 21.5 Å². The third-order valence-electron chi connectivity index (χ3n) is 6.61. The van der Waals surface area contributed by atoms with Gasteiger partial charge in [-0.1, -0.05) is 11.2 Å². The van der Waals surface area contributed by atoms with Crippen LogP contribution in [-0.2, 0) is 20.4 Å². The first-order valence-electron chi connectivity index (χ1n) is 11.6. The predicted molar refractivity (Wildman–Crippen MR) is 130 cm³/mol. The molecule has 1 atom stereocenters. The molecule has 2 N–H and O–H groups in total. The summed E-state index contributed by atoms with van der Waals surface area (Å²) in [5.41, 5.74) is 0.365. The first kappa shape index (κ1) is 24.3. The molecule has 0 spiro atoms. The van der Waals surface area contributed by atoms with Crippen LogP contribution in [0.15, 0.2) is 41.1 Å². The number of aromatic nitrogens is 4. The molecule has 0 saturated carbocycles. The van der Waals surface area contributed by atoms with Crippen LogP contribution in [0.5, 0.6) is 0 Å². The Morgan fingerprint density at radius 3 is 2.44 bits per heavy atom. The molecule has 2 aliphatic heterocycles. The maximum absolute atomic E-state index is 12.4. The van der Waals surface area contributed by atoms with Gasteiger partial charge in [0.05, 0.1) is 23.3 Å². The van der Waals surface area contributed by atoms with E-state index in [2.05, 4.69) is 25.4 Å². The molecule has 0 radical (unpaired) electrons. The van der Waals surface area contributed by atoms with E-state index in [9.17, 15) is 18.3 Å². The van der Waals surface area contributed by atoms with E-state index in [1.165, 1.54) is 15.5 Å². The van der Waals surface area contributed by atoms with Crippen molar-refractivity contribution in [2.45, 2.75) is 30.9 Å². The summed E-state index contributed by atoms with van der Waals surface area (Å²) in [5.74, 6) is 0.108. The van der Waals surface area contributed by atoms with Crippen LogP contribution in [0, 0.1) is 0 Å². The second kappa shape index (κ2) is 9.22. The number of likely N-dealkylation sites (tertiary alicyclic amines) is 1. The van der Waals surface area contributed by atoms with E-state index in [0.29, 0.717) is 61.2 Å². The van der Waals surface area contributed by atoms with Gasteiger partial charge in [-0.3, -0.25) is 4.79 Å². The summed E-state index contributed by atoms with van der Waals surface area (Å²) in [6.45, 7) is 1.34. The highest BCUT2D eigenvalue weighted by molar-refractivity contribution is 7.88. The molecule has 36 heavy (non-hydrogen) atoms. The van der Waals surface area contributed by atoms with Gasteiger partial charge in [-0.2, -0.15) is 0 Å². The number of pyridine rings is 1. The lowest BCUT2D eigenvalue weighted by Crippen LogP contribution is -2.42. The standard InChI is InChI=1S/C23H27N7O5S/c1-29-13-9-23(32,21(29)31)20-14-19(28-35-20)17-5-3-4-16(26-17)18-6-10-24-22(27-18)25-15-7-11-30(12-8-15)36(2,33)34/h3-6,10,14-15,32H,7-9,11-13H2,1-2H3,(H,24,25,27). The number of carbonyl (C=O) groups excluding carboxylic acids is 1. The van der Waals surface area contributed by atoms with Gasteiger partial charge < -0.3 is 19.8 Å². The molecule has 5 rings (SSSR count). The van der Waals surface area contributed by atoms with E-state index in [4.69, 9.17) is 4.52 Å². The van der Waals surface area contributed by atoms with Crippen LogP contribution in [0.3, 0.4) is 0 Å². The molecule has 1 amide bonds. The van der Waals surface area contributed by atoms with Gasteiger partial charge in [0.15, 0.2) is 5.76 Å². The predicted octanol–water partition coefficient (Wildman–Crippen LogP) is 1.08. The molecule has 12 nitrogen and oxygen atoms in total. The van der Waals surface area contributed by atoms with Gasteiger partial charge in [0.25, 0.3) is 5.91 Å². The Labute approximate surface area is 208 Å². The highest BCUT2D eigenvalue weighted by Gasteiger charge is 2.48. The van der Waals surface area contributed by atoms with Gasteiger partial charge in [0, 0.05) is 51.4 Å². The molecular weight excluding hydrogens is 486 g/mol. The number of nitrogens with zero attached hydrogens (tertiary/aromatic N) is 6. The average molecular weight is 514 g/mol. The number of piperidine rings is 1. The number of nitrogens with one attached hydrogen (secondary N) is 1. The number of sulfonamides is 1. The zero-order valence-electron chi connectivity index (χ0n) is 20.0. The lowest BCUT2D eigenvalue weighted by atomic mass is 9.98. The van der Waals surface area contributed by atoms with Crippen molar-refractivity contribution in [1.29, 1.82) is 0 Å². The van der Waals surface area contributed by atoms with Crippen LogP contribution in [0.25, 0.3) is 22.8 Å². The van der Waals surface area contributed by atoms with E-state index in [0.717, 1.165) is 0 Å². The van der Waals surface area contributed by atoms with Crippen LogP contribution in [0.1, 0.15) is 25.0 Å². The van der Waals surface area contributed by atoms with Crippen molar-refractivity contribution in [1.82, 2.24) is 29.3 Å². The summed E-state index contributed by atoms with van der Waals surface area (Å²) in [5, 5.41) is 18.1. The van der Waals surface area contributed by atoms with Crippen molar-refractivity contribution in [3.63, 3.8) is 0 Å². The third-order valence-corrected chi connectivity index (χ3v) is 7.92. The number of amides is 1. The van der Waals surface area contributed by atoms with Crippen LogP contribution >= 0.6 is 0 Å². The van der Waals surface area contributed by atoms with E-state index in [1.54, 1.807) is 31.4 Å². The lowest BCUT2D eigenvalue weighted by Gasteiger charge is -2.30. The average Bonchev–Trinajstić information content (AvgIpc) is 3.47. The Balaban J connectivity index is 1.32. The molecular formula is C23H27N7O5S. The van der Waals surface area contributed by atoms with Gasteiger partial charge in [0.1, 0.15) is 5.69 Å². The SMILES string of the molecule is CN1CCC(O)(c2cc(-c3cccc(-c4ccnc(NC5CCN(S(C)(=O)=O)CC5)n4)n3)no2)C1=O. The number of anilines is 1. The van der Waals surface area contributed by atoms with Crippen LogP contribution in [0.2, 0.25) is 0 Å². The van der Waals surface area contributed by atoms with Crippen LogP contribution in [-0.4, -0.2) is 87.7 Å². The van der Waals surface area contributed by atoms with Crippen molar-refractivity contribution < 1.29 is 22.8 Å². The Bertz CT molecular complexity index is 1390. The summed E-state index contributed by atoms with van der Waals surface area (Å²) in [6, 6.07) is 8.73. The van der Waals surface area contributed by atoms with E-state index in [-0.39, 0.29) is 18.2 Å². The number of rotatable bonds is 6. The minimum absolute atomic E-state index is 0.0641. The van der Waals surface area contributed by atoms with Gasteiger partial charge in [-0.05, 0) is 31.0 Å². The molecule has 1 unspecified atom stereocenters. The second-order valence-corrected chi connectivity index (χ2v) is 11.2. The van der Waals surface area contributed by atoms with Crippen molar-refractivity contribution in [3.8, 4) is 22.8 Å². The maximum atomic E-state index is 12.4. The normalized spacial score (nSPS) is 21.8. The first-order valence-corrected chi connectivity index (χ1v) is 13.5. The number of likely N-dealkylation sites (N-methyl/N-ethyl adjacent to an activating group) is 1. The van der Waals surface area contributed by atoms with Gasteiger partial charge in [-0.15, -0.1) is 0 Å². The zero-order valence-corrected chi connectivity index (χ0v) is 20.8. The molecule has 2 aliphatic rings. The molecule has 3 aromatic heterocycles. The molecule has 0 aromatic carbocycles. The van der Waals surface area contributed by atoms with E-state index >= 15 is 0 Å². The zero-order chi connectivity index (χ0) is 25.5. The minimum Gasteiger partial charge on any atom is -0.373 e. The van der Waals surface area contributed by atoms with Gasteiger partial charge in [-0.25, -0.2) is 27.7 Å². The second-order valence-electron chi connectivity index (χ2n) is 9.17. The smallest absolute Gasteiger partial charge is 0.262 e. The Kier molecular flexibility index (Phi) is 6.22. The quantitative estimate of drug-likeness (QED) is 0.489. The first-order chi connectivity index (χ1) is 17.1. The molecule has 3 aromatic rings. The number of aliphatic hydroxyl groups is 1. The molecule has 13 heteroatoms. The van der Waals surface area contributed by atoms with Crippen molar-refractivity contribution in [3.05, 3.63) is 42.3 Å². The Morgan fingerprint density at radius 2 is 1.78 bits per heavy atom. The maximum Gasteiger partial charge on any atom is 0.262 e. The van der Waals surface area contributed by atoms with Crippen molar-refractivity contribution in [2.75, 3.05) is 38.3 Å². The Morgan fingerprint density at radius 1 is 1.08 bits per heavy atom. The molecule has 0 aliphatic carbocycles. The topological polar surface area (TPSA) is 155 Å². The van der Waals surface area contributed by atoms with Crippen LogP contribution in [0.4, 0.5) is 5.95 Å². The highest BCUT2D eigenvalue weighted by atomic mass is 32.2. The third kappa shape index (κ3) is 4.68. The van der Waals surface area contributed by atoms with E-state index in [1.807, 2.05) is 12.1 Å². The fourth-order valence-corrected chi connectivity index (χ4v) is 5.35. The van der Waals surface area contributed by atoms with Gasteiger partial charge >= 0.3 is 0 Å². The molecule has 5 heterocycles. The molecule has 0 bridgehead atoms. The van der Waals surface area contributed by atoms with Crippen molar-refractivity contribution in [2.24, 2.45) is 0 Å². The summed E-state index contributed by atoms with van der Waals surface area (Å²) in [4.78, 5) is 27.4. The summed E-state index contributed by atoms with van der Waals surface area (Å²) < 4.78 is 30.3. The summed E-state index contributed by atoms with van der Waals surface area (Å²) >= 11 is 0. The monoisotopic (exact) mass is 513 g/mol. The minimum atomic E-state index is -3.18. The highest BCUT2D eigenvalue weighted by Crippen LogP contribution is 2.34. The summed E-state index contributed by atoms with van der Waals surface area (Å²) in [7, 11) is -1.55. The molecule has 190 valence electrons. The molecule has 2 saturated heterocycles. The largest absolute Gasteiger partial charge is 0.373 e. The number of hydrogen-bond acceptors (Lipinski definition) is 10. The van der Waals surface area contributed by atoms with Gasteiger partial charge in [0.2, 0.25) is 21.6 Å². The van der Waals surface area contributed by atoms with Crippen molar-refractivity contribution >= 4 is 21.9 Å². The number of carbonyl (C=O) groups is 1. The van der Waals surface area contributed by atoms with Crippen LogP contribution < -0.4 is 5.32 Å². The molecule has 2 fully saturated rings. The fraction of sp³-hybridized carbons (Fsp3) is 0.435. The summed E-state index contributed by atoms with van der Waals surface area (Å²) in [6.07, 6.45) is 4.41. The number of hydrogen-bond donors (Lipinski definition) is 2. The Hall–Kier alpha value is -3.42.